The molecule has 5 heteroatoms. The normalized spacial score (nSPS) is 11.0. The fourth-order valence-corrected chi connectivity index (χ4v) is 2.27. The summed E-state index contributed by atoms with van der Waals surface area (Å²) in [5.74, 6) is -0.321. The third kappa shape index (κ3) is 3.26. The molecule has 0 atom stereocenters. The first-order valence-electron chi connectivity index (χ1n) is 7.10. The molecule has 0 radical (unpaired) electrons. The van der Waals surface area contributed by atoms with Gasteiger partial charge >= 0.3 is 0 Å². The number of methoxy groups -OCH3 is 1. The van der Waals surface area contributed by atoms with Crippen molar-refractivity contribution in [2.24, 2.45) is 0 Å². The number of anilines is 1. The molecule has 0 unspecified atom stereocenters. The first-order valence-corrected chi connectivity index (χ1v) is 7.10. The molecule has 1 heterocycles. The Morgan fingerprint density at radius 2 is 2.00 bits per heavy atom. The van der Waals surface area contributed by atoms with Gasteiger partial charge in [-0.15, -0.1) is 0 Å². The van der Waals surface area contributed by atoms with Crippen molar-refractivity contribution in [3.8, 4) is 0 Å². The van der Waals surface area contributed by atoms with Gasteiger partial charge in [0.15, 0.2) is 5.58 Å². The third-order valence-electron chi connectivity index (χ3n) is 3.39. The van der Waals surface area contributed by atoms with Crippen LogP contribution >= 0.6 is 0 Å². The second kappa shape index (κ2) is 6.58. The Morgan fingerprint density at radius 3 is 2.77 bits per heavy atom. The highest BCUT2D eigenvalue weighted by Gasteiger charge is 2.15. The van der Waals surface area contributed by atoms with Crippen molar-refractivity contribution in [3.63, 3.8) is 0 Å². The van der Waals surface area contributed by atoms with Crippen LogP contribution in [-0.2, 0) is 11.3 Å². The molecule has 3 rings (SSSR count). The second-order valence-electron chi connectivity index (χ2n) is 5.01. The van der Waals surface area contributed by atoms with Crippen LogP contribution in [-0.4, -0.2) is 25.2 Å². The summed E-state index contributed by atoms with van der Waals surface area (Å²) in [5, 5.41) is 0. The van der Waals surface area contributed by atoms with Gasteiger partial charge in [-0.2, -0.15) is 4.98 Å². The van der Waals surface area contributed by atoms with E-state index in [-0.39, 0.29) is 5.82 Å². The van der Waals surface area contributed by atoms with E-state index in [1.807, 2.05) is 35.2 Å². The molecule has 0 saturated heterocycles. The molecule has 0 bridgehead atoms. The van der Waals surface area contributed by atoms with Gasteiger partial charge in [0, 0.05) is 26.3 Å². The molecule has 0 N–H and O–H groups in total. The van der Waals surface area contributed by atoms with Crippen LogP contribution in [0.4, 0.5) is 10.4 Å². The smallest absolute Gasteiger partial charge is 0.298 e. The topological polar surface area (TPSA) is 38.5 Å². The Labute approximate surface area is 128 Å². The van der Waals surface area contributed by atoms with Crippen molar-refractivity contribution < 1.29 is 13.5 Å². The number of rotatable bonds is 6. The van der Waals surface area contributed by atoms with Crippen molar-refractivity contribution in [1.82, 2.24) is 4.98 Å². The van der Waals surface area contributed by atoms with E-state index in [1.54, 1.807) is 13.2 Å². The van der Waals surface area contributed by atoms with Crippen LogP contribution in [0.15, 0.2) is 52.9 Å². The average molecular weight is 300 g/mol. The summed E-state index contributed by atoms with van der Waals surface area (Å²) < 4.78 is 24.2. The minimum Gasteiger partial charge on any atom is -0.423 e. The lowest BCUT2D eigenvalue weighted by molar-refractivity contribution is 0.203. The zero-order chi connectivity index (χ0) is 15.4. The first kappa shape index (κ1) is 14.5. The van der Waals surface area contributed by atoms with Gasteiger partial charge in [0.1, 0.15) is 11.3 Å². The molecule has 3 aromatic rings. The maximum Gasteiger partial charge on any atom is 0.298 e. The highest BCUT2D eigenvalue weighted by molar-refractivity contribution is 5.74. The molecule has 0 aliphatic rings. The number of hydrogen-bond acceptors (Lipinski definition) is 4. The van der Waals surface area contributed by atoms with Crippen LogP contribution in [0.1, 0.15) is 5.56 Å². The monoisotopic (exact) mass is 300 g/mol. The van der Waals surface area contributed by atoms with Gasteiger partial charge in [0.2, 0.25) is 0 Å². The molecule has 2 aromatic carbocycles. The van der Waals surface area contributed by atoms with E-state index < -0.39 is 0 Å². The molecule has 114 valence electrons. The summed E-state index contributed by atoms with van der Waals surface area (Å²) in [6.07, 6.45) is 0. The molecule has 0 fully saturated rings. The summed E-state index contributed by atoms with van der Waals surface area (Å²) in [7, 11) is 1.65. The Balaban J connectivity index is 1.89. The fraction of sp³-hybridized carbons (Fsp3) is 0.235. The number of hydrogen-bond donors (Lipinski definition) is 0. The van der Waals surface area contributed by atoms with Gasteiger partial charge in [-0.05, 0) is 17.7 Å². The van der Waals surface area contributed by atoms with E-state index in [9.17, 15) is 4.39 Å². The molecular weight excluding hydrogens is 283 g/mol. The molecule has 0 aliphatic carbocycles. The fourth-order valence-electron chi connectivity index (χ4n) is 2.27. The number of aromatic nitrogens is 1. The largest absolute Gasteiger partial charge is 0.423 e. The molecule has 0 amide bonds. The van der Waals surface area contributed by atoms with Gasteiger partial charge in [0.05, 0.1) is 6.61 Å². The first-order chi connectivity index (χ1) is 10.8. The lowest BCUT2D eigenvalue weighted by Crippen LogP contribution is -2.26. The predicted molar refractivity (Wildman–Crippen MR) is 83.3 cm³/mol. The highest BCUT2D eigenvalue weighted by Crippen LogP contribution is 2.23. The Morgan fingerprint density at radius 1 is 1.18 bits per heavy atom. The Bertz CT molecular complexity index is 743. The van der Waals surface area contributed by atoms with Gasteiger partial charge < -0.3 is 14.1 Å². The lowest BCUT2D eigenvalue weighted by atomic mass is 10.2. The molecule has 0 saturated carbocycles. The zero-order valence-electron chi connectivity index (χ0n) is 12.3. The van der Waals surface area contributed by atoms with Crippen LogP contribution in [0.2, 0.25) is 0 Å². The minimum atomic E-state index is -0.321. The minimum absolute atomic E-state index is 0.321. The Hall–Kier alpha value is -2.40. The van der Waals surface area contributed by atoms with Gasteiger partial charge in [-0.1, -0.05) is 30.3 Å². The van der Waals surface area contributed by atoms with E-state index in [4.69, 9.17) is 9.15 Å². The van der Waals surface area contributed by atoms with Crippen LogP contribution in [0.5, 0.6) is 0 Å². The van der Waals surface area contributed by atoms with E-state index in [0.717, 1.165) is 5.56 Å². The van der Waals surface area contributed by atoms with Crippen molar-refractivity contribution in [2.75, 3.05) is 25.2 Å². The van der Waals surface area contributed by atoms with E-state index in [0.29, 0.717) is 36.8 Å². The summed E-state index contributed by atoms with van der Waals surface area (Å²) in [4.78, 5) is 6.37. The van der Waals surface area contributed by atoms with Crippen LogP contribution in [0.3, 0.4) is 0 Å². The van der Waals surface area contributed by atoms with Crippen LogP contribution in [0, 0.1) is 5.82 Å². The molecule has 22 heavy (non-hydrogen) atoms. The van der Waals surface area contributed by atoms with Crippen molar-refractivity contribution in [2.45, 2.75) is 6.54 Å². The summed E-state index contributed by atoms with van der Waals surface area (Å²) in [6, 6.07) is 14.9. The number of oxazole rings is 1. The molecule has 4 nitrogen and oxygen atoms in total. The molecule has 0 spiro atoms. The molecular formula is C17H17FN2O2. The number of ether oxygens (including phenoxy) is 1. The summed E-state index contributed by atoms with van der Waals surface area (Å²) >= 11 is 0. The molecule has 0 aliphatic heterocycles. The quantitative estimate of drug-likeness (QED) is 0.697. The van der Waals surface area contributed by atoms with E-state index >= 15 is 0 Å². The zero-order valence-corrected chi connectivity index (χ0v) is 12.3. The van der Waals surface area contributed by atoms with Crippen molar-refractivity contribution >= 4 is 17.1 Å². The van der Waals surface area contributed by atoms with E-state index in [2.05, 4.69) is 4.98 Å². The van der Waals surface area contributed by atoms with Gasteiger partial charge in [-0.25, -0.2) is 4.39 Å². The number of nitrogens with zero attached hydrogens (tertiary/aromatic N) is 2. The van der Waals surface area contributed by atoms with Gasteiger partial charge in [0.25, 0.3) is 6.01 Å². The average Bonchev–Trinajstić information content (AvgIpc) is 2.95. The maximum atomic E-state index is 13.3. The van der Waals surface area contributed by atoms with E-state index in [1.165, 1.54) is 12.1 Å². The van der Waals surface area contributed by atoms with Gasteiger partial charge in [-0.3, -0.25) is 0 Å². The second-order valence-corrected chi connectivity index (χ2v) is 5.01. The SMILES string of the molecule is COCCN(Cc1ccccc1)c1nc2cc(F)ccc2o1. The van der Waals surface area contributed by atoms with Crippen molar-refractivity contribution in [3.05, 3.63) is 59.9 Å². The third-order valence-corrected chi connectivity index (χ3v) is 3.39. The number of benzene rings is 2. The number of halogens is 1. The highest BCUT2D eigenvalue weighted by atomic mass is 19.1. The standard InChI is InChI=1S/C17H17FN2O2/c1-21-10-9-20(12-13-5-3-2-4-6-13)17-19-15-11-14(18)7-8-16(15)22-17/h2-8,11H,9-10,12H2,1H3. The van der Waals surface area contributed by atoms with Crippen LogP contribution < -0.4 is 4.90 Å². The molecule has 1 aromatic heterocycles. The maximum absolute atomic E-state index is 13.3. The predicted octanol–water partition coefficient (Wildman–Crippen LogP) is 3.62. The Kier molecular flexibility index (Phi) is 4.34. The summed E-state index contributed by atoms with van der Waals surface area (Å²) in [5.41, 5.74) is 2.24. The summed E-state index contributed by atoms with van der Waals surface area (Å²) in [6.45, 7) is 1.85. The lowest BCUT2D eigenvalue weighted by Gasteiger charge is -2.20. The van der Waals surface area contributed by atoms with Crippen LogP contribution in [0.25, 0.3) is 11.1 Å². The number of fused-ring (bicyclic) bond motifs is 1. The van der Waals surface area contributed by atoms with Crippen molar-refractivity contribution in [1.29, 1.82) is 0 Å².